The van der Waals surface area contributed by atoms with E-state index in [-0.39, 0.29) is 5.95 Å². The Kier molecular flexibility index (Phi) is 1.85. The number of nitrogens with zero attached hydrogens (tertiary/aromatic N) is 2. The van der Waals surface area contributed by atoms with E-state index >= 15 is 0 Å². The van der Waals surface area contributed by atoms with Crippen LogP contribution in [0, 0.1) is 0 Å². The van der Waals surface area contributed by atoms with Gasteiger partial charge >= 0.3 is 0 Å². The molecule has 1 saturated carbocycles. The van der Waals surface area contributed by atoms with Crippen LogP contribution in [-0.2, 0) is 0 Å². The fourth-order valence-corrected chi connectivity index (χ4v) is 1.85. The molecule has 1 aromatic rings. The molecule has 0 atom stereocenters. The lowest BCUT2D eigenvalue weighted by molar-refractivity contribution is 1.05. The minimum Gasteiger partial charge on any atom is -0.368 e. The largest absolute Gasteiger partial charge is 0.368 e. The molecule has 1 aliphatic carbocycles. The molecule has 2 rings (SSSR count). The van der Waals surface area contributed by atoms with Gasteiger partial charge in [-0.2, -0.15) is 0 Å². The van der Waals surface area contributed by atoms with Crippen molar-refractivity contribution in [3.63, 3.8) is 0 Å². The topological polar surface area (TPSA) is 51.8 Å². The van der Waals surface area contributed by atoms with E-state index in [1.54, 1.807) is 0 Å². The number of anilines is 1. The summed E-state index contributed by atoms with van der Waals surface area (Å²) in [5.41, 5.74) is 6.21. The van der Waals surface area contributed by atoms with Gasteiger partial charge in [0.05, 0.1) is 0 Å². The van der Waals surface area contributed by atoms with Crippen molar-refractivity contribution in [3.8, 4) is 0 Å². The first-order chi connectivity index (χ1) is 5.68. The molecule has 1 aliphatic rings. The lowest BCUT2D eigenvalue weighted by Gasteiger charge is -2.03. The molecule has 5 heteroatoms. The number of hydrogen-bond donors (Lipinski definition) is 1. The number of nitrogen functional groups attached to an aromatic ring is 1. The maximum absolute atomic E-state index is 5.85. The normalized spacial score (nSPS) is 16.5. The lowest BCUT2D eigenvalue weighted by Crippen LogP contribution is -1.99. The van der Waals surface area contributed by atoms with Crippen LogP contribution in [-0.4, -0.2) is 9.97 Å². The molecule has 0 bridgehead atoms. The molecule has 64 valence electrons. The summed E-state index contributed by atoms with van der Waals surface area (Å²) in [4.78, 5) is 7.69. The minimum absolute atomic E-state index is 0.134. The SMILES string of the molecule is Nc1nc(Cl)c(C2CC2)c(Cl)n1. The average molecular weight is 204 g/mol. The summed E-state index contributed by atoms with van der Waals surface area (Å²) in [6.45, 7) is 0. The average Bonchev–Trinajstić information content (AvgIpc) is 2.68. The molecule has 0 spiro atoms. The van der Waals surface area contributed by atoms with Gasteiger partial charge in [0.25, 0.3) is 0 Å². The van der Waals surface area contributed by atoms with Crippen LogP contribution in [0.15, 0.2) is 0 Å². The van der Waals surface area contributed by atoms with Gasteiger partial charge in [0.1, 0.15) is 10.3 Å². The van der Waals surface area contributed by atoms with Gasteiger partial charge in [-0.05, 0) is 18.8 Å². The van der Waals surface area contributed by atoms with Gasteiger partial charge in [0.2, 0.25) is 5.95 Å². The van der Waals surface area contributed by atoms with E-state index in [0.29, 0.717) is 16.2 Å². The summed E-state index contributed by atoms with van der Waals surface area (Å²) < 4.78 is 0. The first kappa shape index (κ1) is 8.08. The Balaban J connectivity index is 2.51. The van der Waals surface area contributed by atoms with E-state index in [4.69, 9.17) is 28.9 Å². The van der Waals surface area contributed by atoms with Gasteiger partial charge in [-0.15, -0.1) is 0 Å². The Morgan fingerprint density at radius 1 is 1.17 bits per heavy atom. The van der Waals surface area contributed by atoms with Crippen molar-refractivity contribution >= 4 is 29.2 Å². The Hall–Kier alpha value is -0.540. The second-order valence-corrected chi connectivity index (χ2v) is 3.57. The predicted molar refractivity (Wildman–Crippen MR) is 48.4 cm³/mol. The van der Waals surface area contributed by atoms with E-state index in [0.717, 1.165) is 18.4 Å². The number of nitrogens with two attached hydrogens (primary N) is 1. The monoisotopic (exact) mass is 203 g/mol. The Morgan fingerprint density at radius 2 is 1.67 bits per heavy atom. The van der Waals surface area contributed by atoms with Crippen molar-refractivity contribution in [2.24, 2.45) is 0 Å². The van der Waals surface area contributed by atoms with Crippen molar-refractivity contribution in [1.29, 1.82) is 0 Å². The van der Waals surface area contributed by atoms with Crippen LogP contribution in [0.4, 0.5) is 5.95 Å². The third kappa shape index (κ3) is 1.34. The van der Waals surface area contributed by atoms with Gasteiger partial charge in [0, 0.05) is 5.56 Å². The van der Waals surface area contributed by atoms with Crippen LogP contribution in [0.5, 0.6) is 0 Å². The summed E-state index contributed by atoms with van der Waals surface area (Å²) in [6, 6.07) is 0. The zero-order chi connectivity index (χ0) is 8.72. The highest BCUT2D eigenvalue weighted by Gasteiger charge is 2.29. The van der Waals surface area contributed by atoms with Crippen molar-refractivity contribution in [1.82, 2.24) is 9.97 Å². The van der Waals surface area contributed by atoms with Crippen LogP contribution in [0.1, 0.15) is 24.3 Å². The van der Waals surface area contributed by atoms with E-state index in [9.17, 15) is 0 Å². The van der Waals surface area contributed by atoms with Crippen LogP contribution >= 0.6 is 23.2 Å². The summed E-state index contributed by atoms with van der Waals surface area (Å²) in [6.07, 6.45) is 2.24. The number of rotatable bonds is 1. The van der Waals surface area contributed by atoms with Gasteiger partial charge < -0.3 is 5.73 Å². The number of hydrogen-bond acceptors (Lipinski definition) is 3. The van der Waals surface area contributed by atoms with Crippen molar-refractivity contribution in [3.05, 3.63) is 15.9 Å². The Morgan fingerprint density at radius 3 is 2.08 bits per heavy atom. The quantitative estimate of drug-likeness (QED) is 0.713. The highest BCUT2D eigenvalue weighted by molar-refractivity contribution is 6.34. The molecule has 0 radical (unpaired) electrons. The fourth-order valence-electron chi connectivity index (χ4n) is 1.14. The molecule has 0 unspecified atom stereocenters. The zero-order valence-corrected chi connectivity index (χ0v) is 7.73. The van der Waals surface area contributed by atoms with Crippen LogP contribution in [0.25, 0.3) is 0 Å². The summed E-state index contributed by atoms with van der Waals surface area (Å²) in [7, 11) is 0. The molecular weight excluding hydrogens is 197 g/mol. The second kappa shape index (κ2) is 2.75. The molecule has 1 fully saturated rings. The number of aromatic nitrogens is 2. The third-order valence-electron chi connectivity index (χ3n) is 1.86. The standard InChI is InChI=1S/C7H7Cl2N3/c8-5-4(3-1-2-3)6(9)12-7(10)11-5/h3H,1-2H2,(H2,10,11,12). The summed E-state index contributed by atoms with van der Waals surface area (Å²) in [5, 5.41) is 0.796. The molecule has 1 aromatic heterocycles. The molecule has 12 heavy (non-hydrogen) atoms. The third-order valence-corrected chi connectivity index (χ3v) is 2.43. The van der Waals surface area contributed by atoms with Gasteiger partial charge in [-0.25, -0.2) is 9.97 Å². The minimum atomic E-state index is 0.134. The second-order valence-electron chi connectivity index (χ2n) is 2.85. The van der Waals surface area contributed by atoms with E-state index in [2.05, 4.69) is 9.97 Å². The van der Waals surface area contributed by atoms with E-state index in [1.807, 2.05) is 0 Å². The maximum Gasteiger partial charge on any atom is 0.222 e. The smallest absolute Gasteiger partial charge is 0.222 e. The highest BCUT2D eigenvalue weighted by Crippen LogP contribution is 2.45. The van der Waals surface area contributed by atoms with Crippen LogP contribution in [0.3, 0.4) is 0 Å². The fraction of sp³-hybridized carbons (Fsp3) is 0.429. The molecule has 0 amide bonds. The molecule has 2 N–H and O–H groups in total. The first-order valence-electron chi connectivity index (χ1n) is 3.67. The van der Waals surface area contributed by atoms with Gasteiger partial charge in [-0.3, -0.25) is 0 Å². The first-order valence-corrected chi connectivity index (χ1v) is 4.42. The molecule has 0 aliphatic heterocycles. The summed E-state index contributed by atoms with van der Waals surface area (Å²) >= 11 is 11.7. The molecule has 0 saturated heterocycles. The maximum atomic E-state index is 5.85. The number of halogens is 2. The van der Waals surface area contributed by atoms with Crippen molar-refractivity contribution in [2.45, 2.75) is 18.8 Å². The summed E-state index contributed by atoms with van der Waals surface area (Å²) in [5.74, 6) is 0.583. The molecule has 1 heterocycles. The van der Waals surface area contributed by atoms with Crippen molar-refractivity contribution < 1.29 is 0 Å². The zero-order valence-electron chi connectivity index (χ0n) is 6.22. The molecular formula is C7H7Cl2N3. The van der Waals surface area contributed by atoms with Crippen LogP contribution < -0.4 is 5.73 Å². The molecule has 3 nitrogen and oxygen atoms in total. The predicted octanol–water partition coefficient (Wildman–Crippen LogP) is 2.24. The highest BCUT2D eigenvalue weighted by atomic mass is 35.5. The van der Waals surface area contributed by atoms with E-state index < -0.39 is 0 Å². The van der Waals surface area contributed by atoms with Gasteiger partial charge in [0.15, 0.2) is 0 Å². The van der Waals surface area contributed by atoms with Gasteiger partial charge in [-0.1, -0.05) is 23.2 Å². The van der Waals surface area contributed by atoms with Crippen molar-refractivity contribution in [2.75, 3.05) is 5.73 Å². The van der Waals surface area contributed by atoms with Crippen LogP contribution in [0.2, 0.25) is 10.3 Å². The lowest BCUT2D eigenvalue weighted by atomic mass is 10.2. The Labute approximate surface area is 79.9 Å². The Bertz CT molecular complexity index is 299. The van der Waals surface area contributed by atoms with E-state index in [1.165, 1.54) is 0 Å². The molecule has 0 aromatic carbocycles.